The lowest BCUT2D eigenvalue weighted by molar-refractivity contribution is -0.138. The Morgan fingerprint density at radius 3 is 2.67 bits per heavy atom. The highest BCUT2D eigenvalue weighted by atomic mass is 16.3. The van der Waals surface area contributed by atoms with E-state index in [2.05, 4.69) is 6.92 Å². The third kappa shape index (κ3) is 3.69. The number of hydrogen-bond acceptors (Lipinski definition) is 3. The van der Waals surface area contributed by atoms with Gasteiger partial charge in [-0.1, -0.05) is 13.3 Å². The predicted molar refractivity (Wildman–Crippen MR) is 47.6 cm³/mol. The van der Waals surface area contributed by atoms with Crippen LogP contribution in [0.3, 0.4) is 0 Å². The summed E-state index contributed by atoms with van der Waals surface area (Å²) in [5.41, 5.74) is 5.14. The number of unbranched alkanes of at least 4 members (excludes halogenated alkanes) is 1. The molecule has 12 heavy (non-hydrogen) atoms. The van der Waals surface area contributed by atoms with Gasteiger partial charge in [0.15, 0.2) is 0 Å². The molecule has 4 nitrogen and oxygen atoms in total. The fraction of sp³-hybridized carbons (Fsp3) is 0.875. The molecule has 0 aromatic heterocycles. The van der Waals surface area contributed by atoms with Crippen LogP contribution < -0.4 is 5.73 Å². The minimum absolute atomic E-state index is 0.00466. The van der Waals surface area contributed by atoms with Gasteiger partial charge in [0.2, 0.25) is 0 Å². The first-order chi connectivity index (χ1) is 5.63. The van der Waals surface area contributed by atoms with Crippen LogP contribution in [-0.4, -0.2) is 42.2 Å². The zero-order valence-electron chi connectivity index (χ0n) is 7.79. The van der Waals surface area contributed by atoms with Crippen molar-refractivity contribution in [2.75, 3.05) is 20.1 Å². The SMILES string of the molecule is CCCCN(C)C(=O)C(O)CN. The van der Waals surface area contributed by atoms with Crippen molar-refractivity contribution in [2.24, 2.45) is 5.73 Å². The van der Waals surface area contributed by atoms with Crippen LogP contribution in [-0.2, 0) is 4.79 Å². The minimum Gasteiger partial charge on any atom is -0.382 e. The molecule has 0 rings (SSSR count). The molecular formula is C8H18N2O2. The number of nitrogens with zero attached hydrogens (tertiary/aromatic N) is 1. The quantitative estimate of drug-likeness (QED) is 0.594. The van der Waals surface area contributed by atoms with Crippen LogP contribution in [0.4, 0.5) is 0 Å². The summed E-state index contributed by atoms with van der Waals surface area (Å²) in [5.74, 6) is -0.286. The molecule has 0 aromatic rings. The fourth-order valence-corrected chi connectivity index (χ4v) is 0.861. The van der Waals surface area contributed by atoms with E-state index in [-0.39, 0.29) is 12.5 Å². The molecule has 0 spiro atoms. The second-order valence-electron chi connectivity index (χ2n) is 2.86. The third-order valence-corrected chi connectivity index (χ3v) is 1.73. The van der Waals surface area contributed by atoms with Gasteiger partial charge in [-0.05, 0) is 6.42 Å². The van der Waals surface area contributed by atoms with E-state index in [1.807, 2.05) is 0 Å². The van der Waals surface area contributed by atoms with Crippen molar-refractivity contribution in [3.63, 3.8) is 0 Å². The maximum Gasteiger partial charge on any atom is 0.252 e. The Bertz CT molecular complexity index is 139. The van der Waals surface area contributed by atoms with Gasteiger partial charge in [-0.2, -0.15) is 0 Å². The first kappa shape index (κ1) is 11.4. The van der Waals surface area contributed by atoms with E-state index in [1.165, 1.54) is 4.90 Å². The van der Waals surface area contributed by atoms with Gasteiger partial charge in [-0.25, -0.2) is 0 Å². The third-order valence-electron chi connectivity index (χ3n) is 1.73. The Hall–Kier alpha value is -0.610. The Morgan fingerprint density at radius 2 is 2.25 bits per heavy atom. The Labute approximate surface area is 73.3 Å². The number of hydrogen-bond donors (Lipinski definition) is 2. The Morgan fingerprint density at radius 1 is 1.67 bits per heavy atom. The summed E-state index contributed by atoms with van der Waals surface area (Å²) in [6.45, 7) is 2.74. The lowest BCUT2D eigenvalue weighted by Crippen LogP contribution is -2.40. The molecule has 0 fully saturated rings. The summed E-state index contributed by atoms with van der Waals surface area (Å²) in [6, 6.07) is 0. The van der Waals surface area contributed by atoms with Crippen molar-refractivity contribution in [3.8, 4) is 0 Å². The molecule has 3 N–H and O–H groups in total. The summed E-state index contributed by atoms with van der Waals surface area (Å²) < 4.78 is 0. The molecule has 0 aliphatic rings. The molecule has 1 unspecified atom stereocenters. The molecule has 0 aliphatic carbocycles. The molecule has 0 aromatic carbocycles. The van der Waals surface area contributed by atoms with Gasteiger partial charge in [-0.3, -0.25) is 4.79 Å². The highest BCUT2D eigenvalue weighted by Crippen LogP contribution is 1.95. The summed E-state index contributed by atoms with van der Waals surface area (Å²) in [6.07, 6.45) is 0.961. The number of likely N-dealkylation sites (N-methyl/N-ethyl adjacent to an activating group) is 1. The molecule has 0 heterocycles. The fourth-order valence-electron chi connectivity index (χ4n) is 0.861. The molecule has 0 bridgehead atoms. The Balaban J connectivity index is 3.75. The van der Waals surface area contributed by atoms with Crippen LogP contribution in [0, 0.1) is 0 Å². The average molecular weight is 174 g/mol. The van der Waals surface area contributed by atoms with E-state index in [0.717, 1.165) is 12.8 Å². The predicted octanol–water partition coefficient (Wildman–Crippen LogP) is -0.435. The number of carbonyl (C=O) groups is 1. The second-order valence-corrected chi connectivity index (χ2v) is 2.86. The van der Waals surface area contributed by atoms with Crippen molar-refractivity contribution in [3.05, 3.63) is 0 Å². The molecule has 0 radical (unpaired) electrons. The maximum atomic E-state index is 11.2. The monoisotopic (exact) mass is 174 g/mol. The first-order valence-electron chi connectivity index (χ1n) is 4.26. The van der Waals surface area contributed by atoms with Crippen LogP contribution >= 0.6 is 0 Å². The summed E-state index contributed by atoms with van der Waals surface area (Å²) in [4.78, 5) is 12.7. The highest BCUT2D eigenvalue weighted by molar-refractivity contribution is 5.80. The van der Waals surface area contributed by atoms with Crippen molar-refractivity contribution >= 4 is 5.91 Å². The van der Waals surface area contributed by atoms with E-state index in [0.29, 0.717) is 6.54 Å². The average Bonchev–Trinajstić information content (AvgIpc) is 2.11. The molecule has 0 saturated carbocycles. The molecule has 0 aliphatic heterocycles. The standard InChI is InChI=1S/C8H18N2O2/c1-3-4-5-10(2)8(12)7(11)6-9/h7,11H,3-6,9H2,1-2H3. The molecule has 0 saturated heterocycles. The molecule has 4 heteroatoms. The van der Waals surface area contributed by atoms with Crippen LogP contribution in [0.5, 0.6) is 0 Å². The van der Waals surface area contributed by atoms with E-state index in [4.69, 9.17) is 10.8 Å². The van der Waals surface area contributed by atoms with Gasteiger partial charge < -0.3 is 15.7 Å². The summed E-state index contributed by atoms with van der Waals surface area (Å²) in [5, 5.41) is 9.08. The van der Waals surface area contributed by atoms with Crippen molar-refractivity contribution in [2.45, 2.75) is 25.9 Å². The number of amides is 1. The van der Waals surface area contributed by atoms with Crippen LogP contribution in [0.2, 0.25) is 0 Å². The van der Waals surface area contributed by atoms with Gasteiger partial charge >= 0.3 is 0 Å². The lowest BCUT2D eigenvalue weighted by atomic mass is 10.3. The smallest absolute Gasteiger partial charge is 0.252 e. The lowest BCUT2D eigenvalue weighted by Gasteiger charge is -2.19. The molecule has 1 atom stereocenters. The van der Waals surface area contributed by atoms with Gasteiger partial charge in [0.05, 0.1) is 0 Å². The van der Waals surface area contributed by atoms with Gasteiger partial charge in [0, 0.05) is 20.1 Å². The molecule has 1 amide bonds. The van der Waals surface area contributed by atoms with Gasteiger partial charge in [0.1, 0.15) is 6.10 Å². The van der Waals surface area contributed by atoms with Gasteiger partial charge in [-0.15, -0.1) is 0 Å². The summed E-state index contributed by atoms with van der Waals surface area (Å²) in [7, 11) is 1.68. The number of aliphatic hydroxyl groups is 1. The van der Waals surface area contributed by atoms with Crippen LogP contribution in [0.25, 0.3) is 0 Å². The van der Waals surface area contributed by atoms with E-state index >= 15 is 0 Å². The maximum absolute atomic E-state index is 11.2. The summed E-state index contributed by atoms with van der Waals surface area (Å²) >= 11 is 0. The minimum atomic E-state index is -1.04. The number of aliphatic hydroxyl groups excluding tert-OH is 1. The number of nitrogens with two attached hydrogens (primary N) is 1. The van der Waals surface area contributed by atoms with Crippen molar-refractivity contribution in [1.82, 2.24) is 4.90 Å². The van der Waals surface area contributed by atoms with E-state index in [9.17, 15) is 4.79 Å². The topological polar surface area (TPSA) is 66.6 Å². The molecule has 72 valence electrons. The Kier molecular flexibility index (Phi) is 5.66. The second kappa shape index (κ2) is 5.97. The van der Waals surface area contributed by atoms with Crippen molar-refractivity contribution < 1.29 is 9.90 Å². The zero-order chi connectivity index (χ0) is 9.56. The van der Waals surface area contributed by atoms with Crippen LogP contribution in [0.1, 0.15) is 19.8 Å². The van der Waals surface area contributed by atoms with E-state index in [1.54, 1.807) is 7.05 Å². The van der Waals surface area contributed by atoms with E-state index < -0.39 is 6.10 Å². The normalized spacial score (nSPS) is 12.7. The zero-order valence-corrected chi connectivity index (χ0v) is 7.79. The first-order valence-corrected chi connectivity index (χ1v) is 4.26. The van der Waals surface area contributed by atoms with Gasteiger partial charge in [0.25, 0.3) is 5.91 Å². The number of carbonyl (C=O) groups excluding carboxylic acids is 1. The van der Waals surface area contributed by atoms with Crippen molar-refractivity contribution in [1.29, 1.82) is 0 Å². The highest BCUT2D eigenvalue weighted by Gasteiger charge is 2.16. The number of rotatable bonds is 5. The molecular weight excluding hydrogens is 156 g/mol. The largest absolute Gasteiger partial charge is 0.382 e. The van der Waals surface area contributed by atoms with Crippen LogP contribution in [0.15, 0.2) is 0 Å².